The fourth-order valence-corrected chi connectivity index (χ4v) is 2.35. The zero-order valence-electron chi connectivity index (χ0n) is 13.9. The summed E-state index contributed by atoms with van der Waals surface area (Å²) in [6, 6.07) is 9.63. The van der Waals surface area contributed by atoms with Crippen LogP contribution < -0.4 is 19.8 Å². The predicted octanol–water partition coefficient (Wildman–Crippen LogP) is 2.80. The van der Waals surface area contributed by atoms with Gasteiger partial charge in [0.15, 0.2) is 11.5 Å². The Hall–Kier alpha value is -3.35. The fourth-order valence-electron chi connectivity index (χ4n) is 2.35. The Morgan fingerprint density at radius 2 is 1.68 bits per heavy atom. The van der Waals surface area contributed by atoms with Gasteiger partial charge in [-0.25, -0.2) is 9.78 Å². The SMILES string of the molecule is COc1cc2nc(-c3ccc(OC(C)=O)cc3)oc(=O)c2cc1OC. The molecule has 0 saturated heterocycles. The molecule has 0 bridgehead atoms. The summed E-state index contributed by atoms with van der Waals surface area (Å²) in [5.74, 6) is 1.01. The molecule has 1 heterocycles. The van der Waals surface area contributed by atoms with Crippen LogP contribution in [0.4, 0.5) is 0 Å². The van der Waals surface area contributed by atoms with E-state index in [-0.39, 0.29) is 11.3 Å². The Morgan fingerprint density at radius 1 is 1.04 bits per heavy atom. The van der Waals surface area contributed by atoms with E-state index in [1.54, 1.807) is 30.3 Å². The maximum atomic E-state index is 12.3. The van der Waals surface area contributed by atoms with Gasteiger partial charge in [-0.3, -0.25) is 4.79 Å². The zero-order chi connectivity index (χ0) is 18.0. The van der Waals surface area contributed by atoms with Crippen molar-refractivity contribution in [3.8, 4) is 28.7 Å². The molecule has 3 aromatic rings. The summed E-state index contributed by atoms with van der Waals surface area (Å²) in [5.41, 5.74) is 0.461. The molecule has 0 radical (unpaired) electrons. The number of aromatic nitrogens is 1. The second kappa shape index (κ2) is 6.64. The average Bonchev–Trinajstić information content (AvgIpc) is 2.60. The Bertz CT molecular complexity index is 991. The highest BCUT2D eigenvalue weighted by Gasteiger charge is 2.13. The van der Waals surface area contributed by atoms with Crippen LogP contribution in [-0.2, 0) is 4.79 Å². The number of methoxy groups -OCH3 is 2. The van der Waals surface area contributed by atoms with Gasteiger partial charge < -0.3 is 18.6 Å². The van der Waals surface area contributed by atoms with Gasteiger partial charge >= 0.3 is 11.6 Å². The maximum Gasteiger partial charge on any atom is 0.347 e. The van der Waals surface area contributed by atoms with E-state index in [0.717, 1.165) is 0 Å². The van der Waals surface area contributed by atoms with E-state index in [9.17, 15) is 9.59 Å². The number of rotatable bonds is 4. The molecule has 7 nitrogen and oxygen atoms in total. The number of hydrogen-bond donors (Lipinski definition) is 0. The molecule has 0 aliphatic carbocycles. The van der Waals surface area contributed by atoms with Gasteiger partial charge in [-0.15, -0.1) is 0 Å². The third kappa shape index (κ3) is 3.30. The van der Waals surface area contributed by atoms with Crippen molar-refractivity contribution in [3.05, 3.63) is 46.8 Å². The van der Waals surface area contributed by atoms with Crippen LogP contribution in [0.3, 0.4) is 0 Å². The summed E-state index contributed by atoms with van der Waals surface area (Å²) in [5, 5.41) is 0.290. The first-order valence-electron chi connectivity index (χ1n) is 7.37. The minimum Gasteiger partial charge on any atom is -0.493 e. The largest absolute Gasteiger partial charge is 0.493 e. The summed E-state index contributed by atoms with van der Waals surface area (Å²) in [6.07, 6.45) is 0. The summed E-state index contributed by atoms with van der Waals surface area (Å²) in [7, 11) is 2.99. The van der Waals surface area contributed by atoms with Gasteiger partial charge in [0.1, 0.15) is 5.75 Å². The fraction of sp³-hybridized carbons (Fsp3) is 0.167. The van der Waals surface area contributed by atoms with E-state index < -0.39 is 11.6 Å². The highest BCUT2D eigenvalue weighted by molar-refractivity contribution is 5.82. The summed E-state index contributed by atoms with van der Waals surface area (Å²) in [4.78, 5) is 27.6. The molecule has 0 spiro atoms. The molecule has 128 valence electrons. The Morgan fingerprint density at radius 3 is 2.28 bits per heavy atom. The molecular formula is C18H15NO6. The maximum absolute atomic E-state index is 12.3. The lowest BCUT2D eigenvalue weighted by molar-refractivity contribution is -0.131. The minimum absolute atomic E-state index is 0.152. The highest BCUT2D eigenvalue weighted by atomic mass is 16.5. The topological polar surface area (TPSA) is 87.9 Å². The lowest BCUT2D eigenvalue weighted by Crippen LogP contribution is -2.04. The Kier molecular flexibility index (Phi) is 4.38. The summed E-state index contributed by atoms with van der Waals surface area (Å²) in [6.45, 7) is 1.32. The molecular weight excluding hydrogens is 326 g/mol. The van der Waals surface area contributed by atoms with E-state index in [2.05, 4.69) is 4.98 Å². The van der Waals surface area contributed by atoms with Crippen LogP contribution in [0.2, 0.25) is 0 Å². The van der Waals surface area contributed by atoms with Gasteiger partial charge in [0, 0.05) is 24.6 Å². The summed E-state index contributed by atoms with van der Waals surface area (Å²) >= 11 is 0. The monoisotopic (exact) mass is 341 g/mol. The number of carbonyl (C=O) groups is 1. The van der Waals surface area contributed by atoms with Crippen molar-refractivity contribution in [2.45, 2.75) is 6.92 Å². The molecule has 0 saturated carbocycles. The van der Waals surface area contributed by atoms with Crippen LogP contribution >= 0.6 is 0 Å². The Balaban J connectivity index is 2.08. The number of esters is 1. The number of hydrogen-bond acceptors (Lipinski definition) is 7. The van der Waals surface area contributed by atoms with Gasteiger partial charge in [0.05, 0.1) is 25.1 Å². The molecule has 0 aliphatic rings. The second-order valence-electron chi connectivity index (χ2n) is 5.15. The van der Waals surface area contributed by atoms with E-state index in [1.165, 1.54) is 27.2 Å². The molecule has 0 aliphatic heterocycles. The first kappa shape index (κ1) is 16.5. The van der Waals surface area contributed by atoms with Gasteiger partial charge in [0.25, 0.3) is 0 Å². The van der Waals surface area contributed by atoms with E-state index in [0.29, 0.717) is 28.3 Å². The number of ether oxygens (including phenoxy) is 3. The Labute approximate surface area is 142 Å². The molecule has 0 fully saturated rings. The van der Waals surface area contributed by atoms with Crippen molar-refractivity contribution in [1.82, 2.24) is 4.98 Å². The number of benzene rings is 2. The predicted molar refractivity (Wildman–Crippen MR) is 90.1 cm³/mol. The zero-order valence-corrected chi connectivity index (χ0v) is 13.9. The molecule has 25 heavy (non-hydrogen) atoms. The quantitative estimate of drug-likeness (QED) is 0.532. The molecule has 3 rings (SSSR count). The van der Waals surface area contributed by atoms with Crippen molar-refractivity contribution in [1.29, 1.82) is 0 Å². The van der Waals surface area contributed by atoms with Crippen LogP contribution in [0.15, 0.2) is 45.6 Å². The highest BCUT2D eigenvalue weighted by Crippen LogP contribution is 2.31. The van der Waals surface area contributed by atoms with Gasteiger partial charge in [-0.2, -0.15) is 0 Å². The van der Waals surface area contributed by atoms with Gasteiger partial charge in [-0.05, 0) is 24.3 Å². The van der Waals surface area contributed by atoms with Crippen LogP contribution in [0.25, 0.3) is 22.4 Å². The second-order valence-corrected chi connectivity index (χ2v) is 5.15. The third-order valence-electron chi connectivity index (χ3n) is 3.50. The van der Waals surface area contributed by atoms with Gasteiger partial charge in [-0.1, -0.05) is 0 Å². The first-order valence-corrected chi connectivity index (χ1v) is 7.37. The van der Waals surface area contributed by atoms with Crippen LogP contribution in [0.1, 0.15) is 6.92 Å². The van der Waals surface area contributed by atoms with Crippen molar-refractivity contribution < 1.29 is 23.4 Å². The van der Waals surface area contributed by atoms with Crippen LogP contribution in [0, 0.1) is 0 Å². The van der Waals surface area contributed by atoms with Crippen molar-refractivity contribution >= 4 is 16.9 Å². The van der Waals surface area contributed by atoms with Gasteiger partial charge in [0.2, 0.25) is 5.89 Å². The van der Waals surface area contributed by atoms with E-state index in [4.69, 9.17) is 18.6 Å². The lowest BCUT2D eigenvalue weighted by Gasteiger charge is -2.09. The standard InChI is InChI=1S/C18H15NO6/c1-10(20)24-12-6-4-11(5-7-12)17-19-14-9-16(23-3)15(22-2)8-13(14)18(21)25-17/h4-9H,1-3H3. The third-order valence-corrected chi connectivity index (χ3v) is 3.50. The van der Waals surface area contributed by atoms with Crippen molar-refractivity contribution in [2.75, 3.05) is 14.2 Å². The van der Waals surface area contributed by atoms with Crippen LogP contribution in [0.5, 0.6) is 17.2 Å². The average molecular weight is 341 g/mol. The normalized spacial score (nSPS) is 10.5. The molecule has 0 unspecified atom stereocenters. The van der Waals surface area contributed by atoms with Crippen LogP contribution in [-0.4, -0.2) is 25.2 Å². The number of fused-ring (bicyclic) bond motifs is 1. The minimum atomic E-state index is -0.537. The summed E-state index contributed by atoms with van der Waals surface area (Å²) < 4.78 is 20.7. The van der Waals surface area contributed by atoms with E-state index >= 15 is 0 Å². The lowest BCUT2D eigenvalue weighted by atomic mass is 10.2. The number of carbonyl (C=O) groups excluding carboxylic acids is 1. The smallest absolute Gasteiger partial charge is 0.347 e. The molecule has 0 N–H and O–H groups in total. The molecule has 0 amide bonds. The van der Waals surface area contributed by atoms with Crippen molar-refractivity contribution in [2.24, 2.45) is 0 Å². The van der Waals surface area contributed by atoms with Crippen molar-refractivity contribution in [3.63, 3.8) is 0 Å². The first-order chi connectivity index (χ1) is 12.0. The molecule has 2 aromatic carbocycles. The molecule has 1 aromatic heterocycles. The van der Waals surface area contributed by atoms with E-state index in [1.807, 2.05) is 0 Å². The molecule has 7 heteroatoms. The number of nitrogens with zero attached hydrogens (tertiary/aromatic N) is 1. The molecule has 0 atom stereocenters.